The summed E-state index contributed by atoms with van der Waals surface area (Å²) in [6, 6.07) is 13.8. The van der Waals surface area contributed by atoms with Crippen molar-refractivity contribution in [3.05, 3.63) is 65.2 Å². The van der Waals surface area contributed by atoms with Gasteiger partial charge in [0.1, 0.15) is 0 Å². The fourth-order valence-electron chi connectivity index (χ4n) is 2.36. The molecule has 0 spiro atoms. The number of rotatable bonds is 4. The average Bonchev–Trinajstić information content (AvgIpc) is 3.01. The summed E-state index contributed by atoms with van der Waals surface area (Å²) in [6.45, 7) is 2.82. The Morgan fingerprint density at radius 1 is 1.13 bits per heavy atom. The number of hydrogen-bond acceptors (Lipinski definition) is 3. The minimum Gasteiger partial charge on any atom is -0.454 e. The molecule has 1 aliphatic heterocycles. The van der Waals surface area contributed by atoms with Crippen LogP contribution in [-0.2, 0) is 11.3 Å². The first-order valence-electron chi connectivity index (χ1n) is 7.50. The lowest BCUT2D eigenvalue weighted by Gasteiger charge is -2.15. The van der Waals surface area contributed by atoms with Gasteiger partial charge < -0.3 is 14.4 Å². The summed E-state index contributed by atoms with van der Waals surface area (Å²) in [4.78, 5) is 13.9. The van der Waals surface area contributed by atoms with Gasteiger partial charge in [0, 0.05) is 19.7 Å². The van der Waals surface area contributed by atoms with Crippen molar-refractivity contribution in [3.8, 4) is 11.5 Å². The number of ether oxygens (including phenoxy) is 2. The predicted octanol–water partition coefficient (Wildman–Crippen LogP) is 3.40. The molecule has 0 aromatic heterocycles. The molecule has 1 heterocycles. The maximum Gasteiger partial charge on any atom is 0.246 e. The third-order valence-electron chi connectivity index (χ3n) is 3.73. The monoisotopic (exact) mass is 309 g/mol. The molecule has 1 amide bonds. The second kappa shape index (κ2) is 6.57. The van der Waals surface area contributed by atoms with E-state index in [-0.39, 0.29) is 12.7 Å². The van der Waals surface area contributed by atoms with Crippen molar-refractivity contribution in [2.24, 2.45) is 0 Å². The second-order valence-electron chi connectivity index (χ2n) is 5.63. The molecule has 23 heavy (non-hydrogen) atoms. The molecule has 2 aromatic rings. The van der Waals surface area contributed by atoms with Crippen LogP contribution in [0.25, 0.3) is 6.08 Å². The van der Waals surface area contributed by atoms with Crippen LogP contribution in [0.3, 0.4) is 0 Å². The largest absolute Gasteiger partial charge is 0.454 e. The molecule has 0 atom stereocenters. The summed E-state index contributed by atoms with van der Waals surface area (Å²) in [5.41, 5.74) is 3.22. The number of benzene rings is 2. The van der Waals surface area contributed by atoms with E-state index >= 15 is 0 Å². The van der Waals surface area contributed by atoms with Crippen LogP contribution in [-0.4, -0.2) is 24.6 Å². The van der Waals surface area contributed by atoms with E-state index in [0.29, 0.717) is 6.54 Å². The highest BCUT2D eigenvalue weighted by Crippen LogP contribution is 2.32. The highest BCUT2D eigenvalue weighted by molar-refractivity contribution is 5.91. The summed E-state index contributed by atoms with van der Waals surface area (Å²) in [5, 5.41) is 0. The zero-order valence-corrected chi connectivity index (χ0v) is 13.3. The van der Waals surface area contributed by atoms with Crippen LogP contribution in [0.4, 0.5) is 0 Å². The van der Waals surface area contributed by atoms with Gasteiger partial charge in [-0.2, -0.15) is 0 Å². The summed E-state index contributed by atoms with van der Waals surface area (Å²) in [6.07, 6.45) is 3.43. The van der Waals surface area contributed by atoms with Gasteiger partial charge in [0.15, 0.2) is 11.5 Å². The van der Waals surface area contributed by atoms with Gasteiger partial charge in [0.2, 0.25) is 12.7 Å². The maximum atomic E-state index is 12.2. The van der Waals surface area contributed by atoms with E-state index in [1.54, 1.807) is 18.0 Å². The van der Waals surface area contributed by atoms with Gasteiger partial charge in [-0.1, -0.05) is 35.9 Å². The van der Waals surface area contributed by atoms with Gasteiger partial charge in [-0.3, -0.25) is 4.79 Å². The fourth-order valence-corrected chi connectivity index (χ4v) is 2.36. The smallest absolute Gasteiger partial charge is 0.246 e. The van der Waals surface area contributed by atoms with E-state index < -0.39 is 0 Å². The molecule has 1 aliphatic rings. The van der Waals surface area contributed by atoms with Crippen molar-refractivity contribution in [1.29, 1.82) is 0 Å². The minimum absolute atomic E-state index is 0.0387. The van der Waals surface area contributed by atoms with Crippen molar-refractivity contribution in [1.82, 2.24) is 4.90 Å². The second-order valence-corrected chi connectivity index (χ2v) is 5.63. The number of hydrogen-bond donors (Lipinski definition) is 0. The molecule has 0 fully saturated rings. The first-order valence-corrected chi connectivity index (χ1v) is 7.50. The normalized spacial score (nSPS) is 12.6. The van der Waals surface area contributed by atoms with E-state index in [4.69, 9.17) is 9.47 Å². The topological polar surface area (TPSA) is 38.8 Å². The molecule has 0 radical (unpaired) electrons. The van der Waals surface area contributed by atoms with E-state index in [1.807, 2.05) is 55.5 Å². The maximum absolute atomic E-state index is 12.2. The molecule has 3 rings (SSSR count). The number of carbonyl (C=O) groups is 1. The Hall–Kier alpha value is -2.75. The minimum atomic E-state index is -0.0387. The van der Waals surface area contributed by atoms with Crippen LogP contribution in [0.5, 0.6) is 11.5 Å². The quantitative estimate of drug-likeness (QED) is 0.813. The Balaban J connectivity index is 1.62. The standard InChI is InChI=1S/C19H19NO3/c1-14-3-5-15(6-4-14)8-10-19(21)20(2)12-16-7-9-17-18(11-16)23-13-22-17/h3-11H,12-13H2,1-2H3. The molecular weight excluding hydrogens is 290 g/mol. The number of amides is 1. The van der Waals surface area contributed by atoms with E-state index in [9.17, 15) is 4.79 Å². The Morgan fingerprint density at radius 3 is 2.65 bits per heavy atom. The highest BCUT2D eigenvalue weighted by atomic mass is 16.7. The first kappa shape index (κ1) is 15.2. The lowest BCUT2D eigenvalue weighted by atomic mass is 10.1. The summed E-state index contributed by atoms with van der Waals surface area (Å²) < 4.78 is 10.6. The van der Waals surface area contributed by atoms with Gasteiger partial charge >= 0.3 is 0 Å². The molecule has 4 heteroatoms. The zero-order valence-electron chi connectivity index (χ0n) is 13.3. The number of aryl methyl sites for hydroxylation is 1. The molecular formula is C19H19NO3. The van der Waals surface area contributed by atoms with Crippen molar-refractivity contribution in [2.45, 2.75) is 13.5 Å². The number of likely N-dealkylation sites (N-methyl/N-ethyl adjacent to an activating group) is 1. The van der Waals surface area contributed by atoms with Crippen molar-refractivity contribution in [2.75, 3.05) is 13.8 Å². The highest BCUT2D eigenvalue weighted by Gasteiger charge is 2.14. The molecule has 0 aliphatic carbocycles. The van der Waals surface area contributed by atoms with Crippen molar-refractivity contribution < 1.29 is 14.3 Å². The average molecular weight is 309 g/mol. The van der Waals surface area contributed by atoms with E-state index in [1.165, 1.54) is 5.56 Å². The van der Waals surface area contributed by atoms with Gasteiger partial charge in [-0.15, -0.1) is 0 Å². The summed E-state index contributed by atoms with van der Waals surface area (Å²) >= 11 is 0. The third-order valence-corrected chi connectivity index (χ3v) is 3.73. The Kier molecular flexibility index (Phi) is 4.33. The van der Waals surface area contributed by atoms with Crippen LogP contribution in [0, 0.1) is 6.92 Å². The van der Waals surface area contributed by atoms with Gasteiger partial charge in [0.25, 0.3) is 0 Å². The molecule has 0 bridgehead atoms. The van der Waals surface area contributed by atoms with Crippen LogP contribution >= 0.6 is 0 Å². The van der Waals surface area contributed by atoms with Crippen LogP contribution in [0.2, 0.25) is 0 Å². The lowest BCUT2D eigenvalue weighted by Crippen LogP contribution is -2.24. The number of nitrogens with zero attached hydrogens (tertiary/aromatic N) is 1. The Labute approximate surface area is 135 Å². The lowest BCUT2D eigenvalue weighted by molar-refractivity contribution is -0.125. The van der Waals surface area contributed by atoms with Gasteiger partial charge in [0.05, 0.1) is 0 Å². The van der Waals surface area contributed by atoms with E-state index in [0.717, 1.165) is 22.6 Å². The summed E-state index contributed by atoms with van der Waals surface area (Å²) in [7, 11) is 1.78. The molecule has 2 aromatic carbocycles. The fraction of sp³-hybridized carbons (Fsp3) is 0.211. The SMILES string of the molecule is Cc1ccc(C=CC(=O)N(C)Cc2ccc3c(c2)OCO3)cc1. The Morgan fingerprint density at radius 2 is 1.87 bits per heavy atom. The van der Waals surface area contributed by atoms with Crippen molar-refractivity contribution >= 4 is 12.0 Å². The Bertz CT molecular complexity index is 735. The van der Waals surface area contributed by atoms with Crippen LogP contribution in [0.15, 0.2) is 48.5 Å². The zero-order chi connectivity index (χ0) is 16.2. The molecule has 0 unspecified atom stereocenters. The van der Waals surface area contributed by atoms with Crippen LogP contribution < -0.4 is 9.47 Å². The number of carbonyl (C=O) groups excluding carboxylic acids is 1. The van der Waals surface area contributed by atoms with Gasteiger partial charge in [-0.05, 0) is 36.3 Å². The van der Waals surface area contributed by atoms with Gasteiger partial charge in [-0.25, -0.2) is 0 Å². The van der Waals surface area contributed by atoms with Crippen LogP contribution in [0.1, 0.15) is 16.7 Å². The molecule has 0 N–H and O–H groups in total. The molecule has 0 saturated heterocycles. The third kappa shape index (κ3) is 3.72. The molecule has 0 saturated carbocycles. The van der Waals surface area contributed by atoms with Crippen molar-refractivity contribution in [3.63, 3.8) is 0 Å². The molecule has 4 nitrogen and oxygen atoms in total. The van der Waals surface area contributed by atoms with E-state index in [2.05, 4.69) is 0 Å². The summed E-state index contributed by atoms with van der Waals surface area (Å²) in [5.74, 6) is 1.45. The molecule has 118 valence electrons. The first-order chi connectivity index (χ1) is 11.1. The predicted molar refractivity (Wildman–Crippen MR) is 89.3 cm³/mol. The number of fused-ring (bicyclic) bond motifs is 1.